The minimum Gasteiger partial charge on any atom is -0.488 e. The fourth-order valence-electron chi connectivity index (χ4n) is 4.03. The molecule has 1 amide bonds. The summed E-state index contributed by atoms with van der Waals surface area (Å²) in [5.41, 5.74) is 2.15. The van der Waals surface area contributed by atoms with Gasteiger partial charge in [0.15, 0.2) is 9.84 Å². The van der Waals surface area contributed by atoms with Gasteiger partial charge >= 0.3 is 0 Å². The van der Waals surface area contributed by atoms with Gasteiger partial charge < -0.3 is 20.3 Å². The van der Waals surface area contributed by atoms with Crippen LogP contribution in [0, 0.1) is 5.82 Å². The number of anilines is 1. The summed E-state index contributed by atoms with van der Waals surface area (Å²) in [4.78, 5) is 23.2. The lowest BCUT2D eigenvalue weighted by Crippen LogP contribution is -2.22. The normalized spacial score (nSPS) is 15.2. The number of aliphatic hydroxyl groups is 1. The lowest BCUT2D eigenvalue weighted by atomic mass is 10.1. The van der Waals surface area contributed by atoms with Gasteiger partial charge in [-0.25, -0.2) is 12.8 Å². The molecule has 3 aromatic carbocycles. The fraction of sp³-hybridized carbons (Fsp3) is 0.259. The molecule has 1 heterocycles. The molecule has 1 fully saturated rings. The Hall–Kier alpha value is -3.03. The molecule has 214 valence electrons. The number of amides is 1. The van der Waals surface area contributed by atoms with Gasteiger partial charge in [-0.3, -0.25) is 14.5 Å². The molecular weight excluding hydrogens is 631 g/mol. The Morgan fingerprint density at radius 1 is 1.25 bits per heavy atom. The van der Waals surface area contributed by atoms with Crippen molar-refractivity contribution in [3.05, 3.63) is 86.6 Å². The first-order valence-electron chi connectivity index (χ1n) is 11.9. The van der Waals surface area contributed by atoms with Crippen molar-refractivity contribution in [3.63, 3.8) is 0 Å². The van der Waals surface area contributed by atoms with Crippen LogP contribution in [0.1, 0.15) is 27.9 Å². The van der Waals surface area contributed by atoms with E-state index in [0.717, 1.165) is 23.9 Å². The van der Waals surface area contributed by atoms with E-state index in [9.17, 15) is 22.7 Å². The molecular formula is C27H27BrClFN2O7S. The highest BCUT2D eigenvalue weighted by atomic mass is 79.9. The molecule has 1 saturated heterocycles. The number of aliphatic hydroxyl groups excluding tert-OH is 1. The number of sulfone groups is 1. The predicted octanol–water partition coefficient (Wildman–Crippen LogP) is 4.74. The minimum atomic E-state index is -3.45. The Labute approximate surface area is 244 Å². The number of likely N-dealkylation sites (tertiary alicyclic amines) is 1. The summed E-state index contributed by atoms with van der Waals surface area (Å²) in [5, 5.41) is 19.5. The number of β-amino-alcohol motifs (C(OH)–C–C–N with tert-alkyl or cyclic N) is 1. The number of rotatable bonds is 8. The highest BCUT2D eigenvalue weighted by Crippen LogP contribution is 2.30. The lowest BCUT2D eigenvalue weighted by Gasteiger charge is -2.19. The Balaban J connectivity index is 0.00000141. The number of halogens is 3. The maximum Gasteiger partial charge on any atom is 0.290 e. The van der Waals surface area contributed by atoms with Gasteiger partial charge in [-0.2, -0.15) is 0 Å². The van der Waals surface area contributed by atoms with Crippen LogP contribution < -0.4 is 10.1 Å². The van der Waals surface area contributed by atoms with E-state index in [4.69, 9.17) is 26.2 Å². The van der Waals surface area contributed by atoms with Crippen molar-refractivity contribution in [1.29, 1.82) is 0 Å². The van der Waals surface area contributed by atoms with Gasteiger partial charge in [-0.15, -0.1) is 0 Å². The number of hydrogen-bond acceptors (Lipinski definition) is 7. The molecule has 40 heavy (non-hydrogen) atoms. The van der Waals surface area contributed by atoms with Crippen LogP contribution in [0.25, 0.3) is 0 Å². The summed E-state index contributed by atoms with van der Waals surface area (Å²) in [5.74, 6) is -0.539. The van der Waals surface area contributed by atoms with Gasteiger partial charge in [0.25, 0.3) is 12.4 Å². The third-order valence-corrected chi connectivity index (χ3v) is 7.97. The zero-order valence-corrected chi connectivity index (χ0v) is 24.5. The number of carbonyl (C=O) groups excluding carboxylic acids is 1. The molecule has 4 rings (SSSR count). The number of benzene rings is 3. The maximum atomic E-state index is 14.3. The average molecular weight is 658 g/mol. The van der Waals surface area contributed by atoms with E-state index < -0.39 is 21.6 Å². The molecule has 0 bridgehead atoms. The summed E-state index contributed by atoms with van der Waals surface area (Å²) in [6, 6.07) is 13.9. The number of nitrogens with zero attached hydrogens (tertiary/aromatic N) is 1. The van der Waals surface area contributed by atoms with Crippen LogP contribution >= 0.6 is 27.5 Å². The number of carboxylic acid groups (broad SMARTS) is 1. The van der Waals surface area contributed by atoms with Gasteiger partial charge in [-0.1, -0.05) is 23.7 Å². The summed E-state index contributed by atoms with van der Waals surface area (Å²) in [6.07, 6.45) is 1.40. The van der Waals surface area contributed by atoms with E-state index in [1.165, 1.54) is 24.3 Å². The SMILES string of the molecule is CS(=O)(=O)c1ccc(C(=O)Nc2cccc(COc3cc(F)c(Br)cc3CN3CC[C@H](O)C3)c2)c(Cl)c1.O=CO. The van der Waals surface area contributed by atoms with Crippen LogP contribution in [0.15, 0.2) is 64.0 Å². The second-order valence-electron chi connectivity index (χ2n) is 9.01. The quantitative estimate of drug-likeness (QED) is 0.296. The molecule has 0 radical (unpaired) electrons. The molecule has 9 nitrogen and oxygen atoms in total. The zero-order valence-electron chi connectivity index (χ0n) is 21.3. The summed E-state index contributed by atoms with van der Waals surface area (Å²) in [6.45, 7) is 1.69. The first-order valence-corrected chi connectivity index (χ1v) is 15.0. The Morgan fingerprint density at radius 2 is 1.98 bits per heavy atom. The second-order valence-corrected chi connectivity index (χ2v) is 12.3. The molecule has 0 saturated carbocycles. The van der Waals surface area contributed by atoms with E-state index in [-0.39, 0.29) is 34.7 Å². The number of nitrogens with one attached hydrogen (secondary N) is 1. The maximum absolute atomic E-state index is 14.3. The fourth-order valence-corrected chi connectivity index (χ4v) is 5.40. The van der Waals surface area contributed by atoms with E-state index in [1.807, 2.05) is 6.07 Å². The molecule has 3 N–H and O–H groups in total. The van der Waals surface area contributed by atoms with Crippen molar-refractivity contribution in [1.82, 2.24) is 4.90 Å². The van der Waals surface area contributed by atoms with Gasteiger partial charge in [0.05, 0.1) is 26.1 Å². The molecule has 1 atom stereocenters. The van der Waals surface area contributed by atoms with Crippen molar-refractivity contribution in [2.45, 2.75) is 30.6 Å². The van der Waals surface area contributed by atoms with Crippen LogP contribution in [-0.2, 0) is 27.8 Å². The van der Waals surface area contributed by atoms with E-state index in [2.05, 4.69) is 26.1 Å². The third kappa shape index (κ3) is 8.73. The minimum absolute atomic E-state index is 0.0234. The van der Waals surface area contributed by atoms with Crippen LogP contribution in [0.5, 0.6) is 5.75 Å². The standard InChI is InChI=1S/C26H25BrClFN2O5S.CH2O2/c1-37(34,35)20-5-6-21(23(28)11-20)26(33)30-18-4-2-3-16(9-18)15-36-25-12-24(29)22(27)10-17(25)13-31-8-7-19(32)14-31;2-1-3/h2-6,9-12,19,32H,7-8,13-15H2,1H3,(H,30,33);1H,(H,2,3)/t19-;/m0./s1. The van der Waals surface area contributed by atoms with Crippen LogP contribution in [0.4, 0.5) is 10.1 Å². The van der Waals surface area contributed by atoms with E-state index in [0.29, 0.717) is 35.4 Å². The van der Waals surface area contributed by atoms with E-state index >= 15 is 0 Å². The Morgan fingerprint density at radius 3 is 2.60 bits per heavy atom. The Bertz CT molecular complexity index is 1490. The van der Waals surface area contributed by atoms with Gasteiger partial charge in [0.1, 0.15) is 18.2 Å². The predicted molar refractivity (Wildman–Crippen MR) is 152 cm³/mol. The van der Waals surface area contributed by atoms with Gasteiger partial charge in [-0.05, 0) is 64.3 Å². The average Bonchev–Trinajstić information content (AvgIpc) is 3.29. The smallest absolute Gasteiger partial charge is 0.290 e. The Kier molecular flexibility index (Phi) is 11.1. The van der Waals surface area contributed by atoms with Crippen molar-refractivity contribution in [3.8, 4) is 5.75 Å². The first-order chi connectivity index (χ1) is 18.9. The summed E-state index contributed by atoms with van der Waals surface area (Å²) < 4.78 is 44.0. The van der Waals surface area contributed by atoms with Gasteiger partial charge in [0, 0.05) is 43.2 Å². The highest BCUT2D eigenvalue weighted by Gasteiger charge is 2.22. The summed E-state index contributed by atoms with van der Waals surface area (Å²) >= 11 is 9.39. The number of hydrogen-bond donors (Lipinski definition) is 3. The molecule has 0 aromatic heterocycles. The van der Waals surface area contributed by atoms with Gasteiger partial charge in [0.2, 0.25) is 0 Å². The monoisotopic (exact) mass is 656 g/mol. The van der Waals surface area contributed by atoms with Crippen LogP contribution in [-0.4, -0.2) is 61.4 Å². The van der Waals surface area contributed by atoms with E-state index in [1.54, 1.807) is 24.3 Å². The van der Waals surface area contributed by atoms with Crippen molar-refractivity contribution in [2.24, 2.45) is 0 Å². The van der Waals surface area contributed by atoms with Crippen LogP contribution in [0.3, 0.4) is 0 Å². The first kappa shape index (κ1) is 31.5. The summed E-state index contributed by atoms with van der Waals surface area (Å²) in [7, 11) is -3.45. The molecule has 0 unspecified atom stereocenters. The molecule has 0 aliphatic carbocycles. The lowest BCUT2D eigenvalue weighted by molar-refractivity contribution is -0.122. The highest BCUT2D eigenvalue weighted by molar-refractivity contribution is 9.10. The molecule has 1 aliphatic rings. The van der Waals surface area contributed by atoms with Crippen molar-refractivity contribution in [2.75, 3.05) is 24.7 Å². The second kappa shape index (κ2) is 14.0. The van der Waals surface area contributed by atoms with Crippen LogP contribution in [0.2, 0.25) is 5.02 Å². The molecule has 3 aromatic rings. The number of ether oxygens (including phenoxy) is 1. The third-order valence-electron chi connectivity index (χ3n) is 5.94. The zero-order chi connectivity index (χ0) is 29.4. The molecule has 13 heteroatoms. The molecule has 0 spiro atoms. The largest absolute Gasteiger partial charge is 0.488 e. The number of carbonyl (C=O) groups is 2. The van der Waals surface area contributed by atoms with Crippen molar-refractivity contribution >= 4 is 55.4 Å². The molecule has 1 aliphatic heterocycles. The topological polar surface area (TPSA) is 133 Å². The van der Waals surface area contributed by atoms with Crippen molar-refractivity contribution < 1.29 is 37.3 Å².